The molecule has 0 saturated heterocycles. The molecule has 1 aromatic heterocycles. The Bertz CT molecular complexity index is 1130. The summed E-state index contributed by atoms with van der Waals surface area (Å²) in [6, 6.07) is 8.72. The lowest BCUT2D eigenvalue weighted by atomic mass is 10.00. The lowest BCUT2D eigenvalue weighted by Gasteiger charge is -2.19. The molecule has 182 valence electrons. The summed E-state index contributed by atoms with van der Waals surface area (Å²) in [5.74, 6) is 1.85. The van der Waals surface area contributed by atoms with E-state index in [1.807, 2.05) is 43.5 Å². The minimum atomic E-state index is -0.562. The first-order valence-electron chi connectivity index (χ1n) is 10.5. The summed E-state index contributed by atoms with van der Waals surface area (Å²) in [6.45, 7) is 3.82. The summed E-state index contributed by atoms with van der Waals surface area (Å²) in [7, 11) is 6.26. The summed E-state index contributed by atoms with van der Waals surface area (Å²) in [5.41, 5.74) is 3.82. The van der Waals surface area contributed by atoms with Gasteiger partial charge in [0.2, 0.25) is 11.7 Å². The topological polar surface area (TPSA) is 90.9 Å². The molecule has 3 aromatic rings. The number of rotatable bonds is 10. The summed E-state index contributed by atoms with van der Waals surface area (Å²) < 4.78 is 26.5. The number of nitrogens with one attached hydrogen (secondary N) is 2. The van der Waals surface area contributed by atoms with Gasteiger partial charge in [0.25, 0.3) is 0 Å². The number of methoxy groups -OCH3 is 4. The van der Waals surface area contributed by atoms with Crippen LogP contribution in [0.1, 0.15) is 13.8 Å². The maximum Gasteiger partial charge on any atom is 0.243 e. The van der Waals surface area contributed by atoms with E-state index in [1.54, 1.807) is 34.5 Å². The fraction of sp³-hybridized carbons (Fsp3) is 0.333. The molecule has 8 nitrogen and oxygen atoms in total. The van der Waals surface area contributed by atoms with E-state index < -0.39 is 6.04 Å². The number of carbonyl (C=O) groups excluding carboxylic acids is 1. The molecule has 10 heteroatoms. The zero-order chi connectivity index (χ0) is 24.8. The van der Waals surface area contributed by atoms with E-state index in [-0.39, 0.29) is 11.8 Å². The molecule has 0 saturated carbocycles. The maximum absolute atomic E-state index is 12.8. The third kappa shape index (κ3) is 5.22. The third-order valence-electron chi connectivity index (χ3n) is 5.34. The number of benzene rings is 2. The number of hydrogen-bond acceptors (Lipinski definition) is 8. The highest BCUT2D eigenvalue weighted by atomic mass is 35.5. The smallest absolute Gasteiger partial charge is 0.243 e. The second-order valence-electron chi connectivity index (χ2n) is 7.73. The van der Waals surface area contributed by atoms with Gasteiger partial charge in [-0.1, -0.05) is 19.9 Å². The van der Waals surface area contributed by atoms with Gasteiger partial charge in [-0.15, -0.1) is 0 Å². The first-order chi connectivity index (χ1) is 16.4. The van der Waals surface area contributed by atoms with Crippen molar-refractivity contribution in [3.63, 3.8) is 0 Å². The van der Waals surface area contributed by atoms with Crippen molar-refractivity contribution in [3.8, 4) is 45.4 Å². The van der Waals surface area contributed by atoms with Gasteiger partial charge >= 0.3 is 0 Å². The highest BCUT2D eigenvalue weighted by Gasteiger charge is 2.23. The lowest BCUT2D eigenvalue weighted by molar-refractivity contribution is -0.118. The maximum atomic E-state index is 12.8. The molecule has 3 rings (SSSR count). The van der Waals surface area contributed by atoms with Crippen molar-refractivity contribution in [1.82, 2.24) is 9.21 Å². The highest BCUT2D eigenvalue weighted by Crippen LogP contribution is 2.44. The van der Waals surface area contributed by atoms with E-state index in [9.17, 15) is 4.79 Å². The Labute approximate surface area is 208 Å². The normalized spacial score (nSPS) is 11.8. The number of anilines is 1. The SMILES string of the molecule is COc1ccc(-c2csnc2-c2cc(OC)c(OC)c(OC)c2)cc1NC(=O)[C@@H](NCl)C(C)C. The molecule has 1 heterocycles. The Morgan fingerprint density at radius 2 is 1.59 bits per heavy atom. The Kier molecular flexibility index (Phi) is 8.60. The molecule has 0 bridgehead atoms. The van der Waals surface area contributed by atoms with Crippen molar-refractivity contribution in [3.05, 3.63) is 35.7 Å². The van der Waals surface area contributed by atoms with Crippen LogP contribution in [0.2, 0.25) is 0 Å². The molecule has 0 aliphatic heterocycles. The molecule has 2 N–H and O–H groups in total. The van der Waals surface area contributed by atoms with E-state index >= 15 is 0 Å². The van der Waals surface area contributed by atoms with E-state index in [1.165, 1.54) is 11.5 Å². The lowest BCUT2D eigenvalue weighted by Crippen LogP contribution is -2.40. The largest absolute Gasteiger partial charge is 0.495 e. The van der Waals surface area contributed by atoms with Gasteiger partial charge in [-0.2, -0.15) is 4.37 Å². The van der Waals surface area contributed by atoms with Gasteiger partial charge in [-0.05, 0) is 59.1 Å². The van der Waals surface area contributed by atoms with Crippen LogP contribution >= 0.6 is 23.3 Å². The fourth-order valence-corrected chi connectivity index (χ4v) is 4.60. The molecule has 34 heavy (non-hydrogen) atoms. The zero-order valence-electron chi connectivity index (χ0n) is 19.9. The molecule has 1 amide bonds. The first-order valence-corrected chi connectivity index (χ1v) is 11.7. The first kappa shape index (κ1) is 25.6. The number of amides is 1. The van der Waals surface area contributed by atoms with Crippen LogP contribution in [-0.2, 0) is 4.79 Å². The number of carbonyl (C=O) groups is 1. The van der Waals surface area contributed by atoms with Crippen molar-refractivity contribution in [2.75, 3.05) is 33.8 Å². The molecule has 0 aliphatic rings. The number of hydrogen-bond donors (Lipinski definition) is 2. The standard InChI is InChI=1S/C24H28ClN3O5S/c1-13(2)21(27-25)24(29)26-17-9-14(7-8-18(17)30-3)16-12-34-28-22(16)15-10-19(31-4)23(33-6)20(11-15)32-5/h7-13,21,27H,1-6H3,(H,26,29)/t21-/m0/s1. The van der Waals surface area contributed by atoms with Crippen LogP contribution in [0.3, 0.4) is 0 Å². The number of ether oxygens (including phenoxy) is 4. The minimum Gasteiger partial charge on any atom is -0.495 e. The van der Waals surface area contributed by atoms with Gasteiger partial charge in [0, 0.05) is 16.5 Å². The fourth-order valence-electron chi connectivity index (χ4n) is 3.53. The quantitative estimate of drug-likeness (QED) is 0.365. The summed E-state index contributed by atoms with van der Waals surface area (Å²) in [6.07, 6.45) is 0. The van der Waals surface area contributed by atoms with Crippen LogP contribution < -0.4 is 29.1 Å². The molecule has 1 atom stereocenters. The van der Waals surface area contributed by atoms with Crippen LogP contribution in [0.4, 0.5) is 5.69 Å². The van der Waals surface area contributed by atoms with Crippen LogP contribution in [-0.4, -0.2) is 44.8 Å². The molecule has 0 fully saturated rings. The van der Waals surface area contributed by atoms with E-state index in [4.69, 9.17) is 30.7 Å². The van der Waals surface area contributed by atoms with Gasteiger partial charge in [0.05, 0.1) is 39.8 Å². The third-order valence-corrected chi connectivity index (χ3v) is 6.21. The van der Waals surface area contributed by atoms with Crippen molar-refractivity contribution in [2.45, 2.75) is 19.9 Å². The Balaban J connectivity index is 2.05. The molecule has 0 radical (unpaired) electrons. The number of aromatic nitrogens is 1. The molecule has 2 aromatic carbocycles. The van der Waals surface area contributed by atoms with E-state index in [0.29, 0.717) is 28.7 Å². The summed E-state index contributed by atoms with van der Waals surface area (Å²) in [5, 5.41) is 4.87. The van der Waals surface area contributed by atoms with Crippen LogP contribution in [0.5, 0.6) is 23.0 Å². The van der Waals surface area contributed by atoms with Gasteiger partial charge < -0.3 is 24.3 Å². The number of halogens is 1. The predicted molar refractivity (Wildman–Crippen MR) is 135 cm³/mol. The Morgan fingerprint density at radius 1 is 0.941 bits per heavy atom. The van der Waals surface area contributed by atoms with Gasteiger partial charge in [0.15, 0.2) is 11.5 Å². The van der Waals surface area contributed by atoms with Gasteiger partial charge in [0.1, 0.15) is 11.8 Å². The molecule has 0 aliphatic carbocycles. The number of nitrogens with zero attached hydrogens (tertiary/aromatic N) is 1. The van der Waals surface area contributed by atoms with Gasteiger partial charge in [-0.25, -0.2) is 4.84 Å². The average molecular weight is 506 g/mol. The van der Waals surface area contributed by atoms with E-state index in [0.717, 1.165) is 22.4 Å². The summed E-state index contributed by atoms with van der Waals surface area (Å²) >= 11 is 7.12. The second kappa shape index (κ2) is 11.4. The Morgan fingerprint density at radius 3 is 2.12 bits per heavy atom. The van der Waals surface area contributed by atoms with E-state index in [2.05, 4.69) is 14.5 Å². The zero-order valence-corrected chi connectivity index (χ0v) is 21.5. The monoisotopic (exact) mass is 505 g/mol. The van der Waals surface area contributed by atoms with Crippen molar-refractivity contribution in [1.29, 1.82) is 0 Å². The molecule has 0 spiro atoms. The highest BCUT2D eigenvalue weighted by molar-refractivity contribution is 7.04. The van der Waals surface area contributed by atoms with Crippen molar-refractivity contribution >= 4 is 34.9 Å². The molecular formula is C24H28ClN3O5S. The predicted octanol–water partition coefficient (Wildman–Crippen LogP) is 5.22. The average Bonchev–Trinajstić information content (AvgIpc) is 3.33. The van der Waals surface area contributed by atoms with Crippen molar-refractivity contribution < 1.29 is 23.7 Å². The van der Waals surface area contributed by atoms with Gasteiger partial charge in [-0.3, -0.25) is 4.79 Å². The molecular weight excluding hydrogens is 478 g/mol. The second-order valence-corrected chi connectivity index (χ2v) is 8.57. The summed E-state index contributed by atoms with van der Waals surface area (Å²) in [4.78, 5) is 15.3. The van der Waals surface area contributed by atoms with Crippen molar-refractivity contribution in [2.24, 2.45) is 5.92 Å². The minimum absolute atomic E-state index is 0.000568. The molecule has 0 unspecified atom stereocenters. The van der Waals surface area contributed by atoms with Crippen LogP contribution in [0, 0.1) is 5.92 Å². The Hall–Kier alpha value is -3.01. The van der Waals surface area contributed by atoms with Crippen LogP contribution in [0.25, 0.3) is 22.4 Å². The van der Waals surface area contributed by atoms with Crippen LogP contribution in [0.15, 0.2) is 35.7 Å².